The van der Waals surface area contributed by atoms with E-state index in [1.807, 2.05) is 17.5 Å². The first kappa shape index (κ1) is 18.0. The molecule has 130 valence electrons. The van der Waals surface area contributed by atoms with Gasteiger partial charge in [-0.2, -0.15) is 0 Å². The van der Waals surface area contributed by atoms with Gasteiger partial charge in [0.25, 0.3) is 0 Å². The summed E-state index contributed by atoms with van der Waals surface area (Å²) in [4.78, 5) is 25.5. The van der Waals surface area contributed by atoms with Gasteiger partial charge in [-0.25, -0.2) is 9.18 Å². The van der Waals surface area contributed by atoms with Crippen molar-refractivity contribution in [2.45, 2.75) is 0 Å². The number of carbonyl (C=O) groups excluding carboxylic acids is 2. The fourth-order valence-electron chi connectivity index (χ4n) is 2.16. The Morgan fingerprint density at radius 1 is 1.08 bits per heavy atom. The molecule has 0 atom stereocenters. The summed E-state index contributed by atoms with van der Waals surface area (Å²) >= 11 is 7.26. The SMILES string of the molecule is O=C(Oc1ccc(F)cc1C(=O)C=Cc1cccs1)c1ccc(Cl)cc1. The third-order valence-corrected chi connectivity index (χ3v) is 4.52. The number of hydrogen-bond acceptors (Lipinski definition) is 4. The van der Waals surface area contributed by atoms with E-state index >= 15 is 0 Å². The average Bonchev–Trinajstić information content (AvgIpc) is 3.15. The van der Waals surface area contributed by atoms with Gasteiger partial charge in [0.15, 0.2) is 5.78 Å². The normalized spacial score (nSPS) is 10.8. The molecule has 3 rings (SSSR count). The van der Waals surface area contributed by atoms with Crippen LogP contribution < -0.4 is 4.74 Å². The van der Waals surface area contributed by atoms with Crippen LogP contribution in [0, 0.1) is 5.82 Å². The van der Waals surface area contributed by atoms with Crippen molar-refractivity contribution in [2.24, 2.45) is 0 Å². The maximum absolute atomic E-state index is 13.6. The lowest BCUT2D eigenvalue weighted by molar-refractivity contribution is 0.0733. The smallest absolute Gasteiger partial charge is 0.343 e. The first-order chi connectivity index (χ1) is 12.5. The summed E-state index contributed by atoms with van der Waals surface area (Å²) in [6, 6.07) is 13.3. The van der Waals surface area contributed by atoms with Gasteiger partial charge in [0.05, 0.1) is 11.1 Å². The molecule has 6 heteroatoms. The van der Waals surface area contributed by atoms with Gasteiger partial charge in [-0.1, -0.05) is 17.7 Å². The fraction of sp³-hybridized carbons (Fsp3) is 0. The lowest BCUT2D eigenvalue weighted by Gasteiger charge is -2.08. The van der Waals surface area contributed by atoms with Crippen LogP contribution in [0.5, 0.6) is 5.75 Å². The summed E-state index contributed by atoms with van der Waals surface area (Å²) in [5.74, 6) is -1.72. The Balaban J connectivity index is 1.84. The van der Waals surface area contributed by atoms with Crippen molar-refractivity contribution in [3.05, 3.63) is 92.9 Å². The Kier molecular flexibility index (Phi) is 5.61. The van der Waals surface area contributed by atoms with Crippen LogP contribution in [0.25, 0.3) is 6.08 Å². The standard InChI is InChI=1S/C20H12ClFO3S/c21-14-5-3-13(4-6-14)20(24)25-19-10-7-15(22)12-17(19)18(23)9-8-16-2-1-11-26-16/h1-12H. The van der Waals surface area contributed by atoms with E-state index in [-0.39, 0.29) is 16.9 Å². The zero-order chi connectivity index (χ0) is 18.5. The van der Waals surface area contributed by atoms with E-state index in [0.717, 1.165) is 17.0 Å². The number of carbonyl (C=O) groups is 2. The number of ether oxygens (including phenoxy) is 1. The topological polar surface area (TPSA) is 43.4 Å². The summed E-state index contributed by atoms with van der Waals surface area (Å²) in [5, 5.41) is 2.36. The number of halogens is 2. The second-order valence-electron chi connectivity index (χ2n) is 5.25. The summed E-state index contributed by atoms with van der Waals surface area (Å²) < 4.78 is 18.9. The molecule has 0 amide bonds. The lowest BCUT2D eigenvalue weighted by Crippen LogP contribution is -2.11. The molecule has 0 unspecified atom stereocenters. The lowest BCUT2D eigenvalue weighted by atomic mass is 10.1. The van der Waals surface area contributed by atoms with Crippen molar-refractivity contribution in [1.29, 1.82) is 0 Å². The molecule has 0 aliphatic carbocycles. The molecule has 0 saturated heterocycles. The number of thiophene rings is 1. The predicted octanol–water partition coefficient (Wildman–Crippen LogP) is 5.66. The Labute approximate surface area is 158 Å². The first-order valence-corrected chi connectivity index (χ1v) is 8.82. The second kappa shape index (κ2) is 8.08. The molecular formula is C20H12ClFO3S. The summed E-state index contributed by atoms with van der Waals surface area (Å²) in [6.45, 7) is 0. The van der Waals surface area contributed by atoms with Gasteiger partial charge in [-0.3, -0.25) is 4.79 Å². The maximum Gasteiger partial charge on any atom is 0.343 e. The molecular weight excluding hydrogens is 375 g/mol. The molecule has 3 aromatic rings. The van der Waals surface area contributed by atoms with Crippen LogP contribution in [0.3, 0.4) is 0 Å². The van der Waals surface area contributed by atoms with Crippen molar-refractivity contribution in [1.82, 2.24) is 0 Å². The Bertz CT molecular complexity index is 963. The molecule has 26 heavy (non-hydrogen) atoms. The minimum Gasteiger partial charge on any atom is -0.422 e. The van der Waals surface area contributed by atoms with Crippen LogP contribution in [-0.2, 0) is 0 Å². The molecule has 0 N–H and O–H groups in total. The number of allylic oxidation sites excluding steroid dienone is 1. The molecule has 0 saturated carbocycles. The molecule has 0 radical (unpaired) electrons. The van der Waals surface area contributed by atoms with Crippen LogP contribution in [0.2, 0.25) is 5.02 Å². The van der Waals surface area contributed by atoms with Gasteiger partial charge in [0.1, 0.15) is 11.6 Å². The number of ketones is 1. The molecule has 0 spiro atoms. The van der Waals surface area contributed by atoms with Crippen LogP contribution in [0.15, 0.2) is 66.1 Å². The maximum atomic E-state index is 13.6. The van der Waals surface area contributed by atoms with Crippen LogP contribution >= 0.6 is 22.9 Å². The highest BCUT2D eigenvalue weighted by Gasteiger charge is 2.16. The van der Waals surface area contributed by atoms with Gasteiger partial charge in [0, 0.05) is 9.90 Å². The molecule has 0 bridgehead atoms. The quantitative estimate of drug-likeness (QED) is 0.246. The van der Waals surface area contributed by atoms with Gasteiger partial charge >= 0.3 is 5.97 Å². The molecule has 0 aliphatic heterocycles. The van der Waals surface area contributed by atoms with E-state index in [0.29, 0.717) is 5.02 Å². The number of hydrogen-bond donors (Lipinski definition) is 0. The zero-order valence-electron chi connectivity index (χ0n) is 13.3. The van der Waals surface area contributed by atoms with Crippen LogP contribution in [-0.4, -0.2) is 11.8 Å². The highest BCUT2D eigenvalue weighted by atomic mass is 35.5. The van der Waals surface area contributed by atoms with Crippen molar-refractivity contribution in [2.75, 3.05) is 0 Å². The zero-order valence-corrected chi connectivity index (χ0v) is 14.9. The summed E-state index contributed by atoms with van der Waals surface area (Å²) in [5.41, 5.74) is 0.242. The van der Waals surface area contributed by atoms with Gasteiger partial charge in [-0.15, -0.1) is 11.3 Å². The summed E-state index contributed by atoms with van der Waals surface area (Å²) in [7, 11) is 0. The fourth-order valence-corrected chi connectivity index (χ4v) is 2.91. The van der Waals surface area contributed by atoms with Crippen molar-refractivity contribution in [3.8, 4) is 5.75 Å². The van der Waals surface area contributed by atoms with Crippen LogP contribution in [0.4, 0.5) is 4.39 Å². The molecule has 3 nitrogen and oxygen atoms in total. The van der Waals surface area contributed by atoms with Crippen molar-refractivity contribution in [3.63, 3.8) is 0 Å². The minimum absolute atomic E-state index is 0.00724. The predicted molar refractivity (Wildman–Crippen MR) is 100 cm³/mol. The highest BCUT2D eigenvalue weighted by molar-refractivity contribution is 7.10. The minimum atomic E-state index is -0.662. The summed E-state index contributed by atoms with van der Waals surface area (Å²) in [6.07, 6.45) is 2.95. The average molecular weight is 387 g/mol. The molecule has 1 heterocycles. The Hall–Kier alpha value is -2.76. The third kappa shape index (κ3) is 4.45. The Morgan fingerprint density at radius 3 is 2.54 bits per heavy atom. The highest BCUT2D eigenvalue weighted by Crippen LogP contribution is 2.23. The van der Waals surface area contributed by atoms with Crippen LogP contribution in [0.1, 0.15) is 25.6 Å². The molecule has 1 aromatic heterocycles. The monoisotopic (exact) mass is 386 g/mol. The second-order valence-corrected chi connectivity index (χ2v) is 6.67. The largest absolute Gasteiger partial charge is 0.422 e. The Morgan fingerprint density at radius 2 is 1.85 bits per heavy atom. The molecule has 0 aliphatic rings. The van der Waals surface area contributed by atoms with Gasteiger partial charge in [-0.05, 0) is 66.1 Å². The third-order valence-electron chi connectivity index (χ3n) is 3.43. The number of benzene rings is 2. The van der Waals surface area contributed by atoms with E-state index in [9.17, 15) is 14.0 Å². The van der Waals surface area contributed by atoms with E-state index < -0.39 is 17.6 Å². The van der Waals surface area contributed by atoms with Crippen molar-refractivity contribution >= 4 is 40.8 Å². The van der Waals surface area contributed by atoms with Gasteiger partial charge in [0.2, 0.25) is 0 Å². The number of esters is 1. The van der Waals surface area contributed by atoms with E-state index in [1.165, 1.54) is 35.6 Å². The number of rotatable bonds is 5. The van der Waals surface area contributed by atoms with Gasteiger partial charge < -0.3 is 4.74 Å². The van der Waals surface area contributed by atoms with Crippen molar-refractivity contribution < 1.29 is 18.7 Å². The van der Waals surface area contributed by atoms with E-state index in [1.54, 1.807) is 18.2 Å². The molecule has 0 fully saturated rings. The van der Waals surface area contributed by atoms with E-state index in [4.69, 9.17) is 16.3 Å². The first-order valence-electron chi connectivity index (χ1n) is 7.56. The van der Waals surface area contributed by atoms with E-state index in [2.05, 4.69) is 0 Å². The molecule has 2 aromatic carbocycles.